The molecule has 0 aromatic carbocycles. The van der Waals surface area contributed by atoms with Crippen LogP contribution in [0.3, 0.4) is 0 Å². The van der Waals surface area contributed by atoms with Gasteiger partial charge in [-0.25, -0.2) is 0 Å². The molecule has 0 spiro atoms. The van der Waals surface area contributed by atoms with Crippen LogP contribution in [0.25, 0.3) is 0 Å². The third kappa shape index (κ3) is 3.53. The highest BCUT2D eigenvalue weighted by molar-refractivity contribution is 9.10. The van der Waals surface area contributed by atoms with Gasteiger partial charge in [0.25, 0.3) is 0 Å². The van der Waals surface area contributed by atoms with E-state index in [4.69, 9.17) is 0 Å². The van der Waals surface area contributed by atoms with E-state index in [-0.39, 0.29) is 0 Å². The predicted molar refractivity (Wildman–Crippen MR) is 76.4 cm³/mol. The highest BCUT2D eigenvalue weighted by atomic mass is 79.9. The lowest BCUT2D eigenvalue weighted by Gasteiger charge is -2.15. The van der Waals surface area contributed by atoms with E-state index in [1.807, 2.05) is 11.3 Å². The summed E-state index contributed by atoms with van der Waals surface area (Å²) in [5.41, 5.74) is 0. The number of hydrogen-bond acceptors (Lipinski definition) is 3. The molecule has 2 fully saturated rings. The molecule has 0 bridgehead atoms. The minimum Gasteiger partial charge on any atom is -0.314 e. The number of halogens is 1. The molecule has 1 saturated heterocycles. The fourth-order valence-electron chi connectivity index (χ4n) is 2.50. The normalized spacial score (nSPS) is 25.6. The van der Waals surface area contributed by atoms with Crippen molar-refractivity contribution in [3.05, 3.63) is 20.8 Å². The zero-order valence-corrected chi connectivity index (χ0v) is 12.4. The fourth-order valence-corrected chi connectivity index (χ4v) is 3.99. The van der Waals surface area contributed by atoms with E-state index in [1.165, 1.54) is 48.2 Å². The van der Waals surface area contributed by atoms with Gasteiger partial charge in [0, 0.05) is 33.9 Å². The fraction of sp³-hybridized carbons (Fsp3) is 0.692. The Morgan fingerprint density at radius 3 is 3.00 bits per heavy atom. The van der Waals surface area contributed by atoms with E-state index in [2.05, 4.69) is 37.6 Å². The summed E-state index contributed by atoms with van der Waals surface area (Å²) in [5, 5.41) is 5.83. The second kappa shape index (κ2) is 5.39. The van der Waals surface area contributed by atoms with Crippen molar-refractivity contribution in [2.45, 2.75) is 31.8 Å². The van der Waals surface area contributed by atoms with Gasteiger partial charge in [-0.1, -0.05) is 0 Å². The Labute approximate surface area is 116 Å². The maximum absolute atomic E-state index is 3.66. The molecule has 94 valence electrons. The molecule has 1 N–H and O–H groups in total. The lowest BCUT2D eigenvalue weighted by Crippen LogP contribution is -2.27. The van der Waals surface area contributed by atoms with E-state index in [9.17, 15) is 0 Å². The standard InChI is InChI=1S/C13H19BrN2S/c14-11-5-13(17-9-11)8-16-4-3-10(7-16)6-15-12-1-2-12/h5,9-10,12,15H,1-4,6-8H2. The van der Waals surface area contributed by atoms with Gasteiger partial charge in [0.05, 0.1) is 0 Å². The minimum absolute atomic E-state index is 0.859. The van der Waals surface area contributed by atoms with Gasteiger partial charge >= 0.3 is 0 Å². The van der Waals surface area contributed by atoms with Crippen LogP contribution in [0.2, 0.25) is 0 Å². The molecular weight excluding hydrogens is 296 g/mol. The van der Waals surface area contributed by atoms with Gasteiger partial charge in [0.15, 0.2) is 0 Å². The van der Waals surface area contributed by atoms with Crippen LogP contribution in [0.4, 0.5) is 0 Å². The minimum atomic E-state index is 0.859. The van der Waals surface area contributed by atoms with Gasteiger partial charge in [0.2, 0.25) is 0 Å². The summed E-state index contributed by atoms with van der Waals surface area (Å²) in [5.74, 6) is 0.874. The van der Waals surface area contributed by atoms with Crippen LogP contribution in [0.15, 0.2) is 15.9 Å². The molecule has 2 nitrogen and oxygen atoms in total. The van der Waals surface area contributed by atoms with Crippen LogP contribution in [-0.4, -0.2) is 30.6 Å². The number of hydrogen-bond donors (Lipinski definition) is 1. The quantitative estimate of drug-likeness (QED) is 0.898. The van der Waals surface area contributed by atoms with Crippen molar-refractivity contribution in [2.75, 3.05) is 19.6 Å². The molecule has 1 atom stereocenters. The predicted octanol–water partition coefficient (Wildman–Crippen LogP) is 3.08. The first kappa shape index (κ1) is 12.2. The molecular formula is C13H19BrN2S. The van der Waals surface area contributed by atoms with Crippen LogP contribution in [0.5, 0.6) is 0 Å². The van der Waals surface area contributed by atoms with Crippen molar-refractivity contribution in [2.24, 2.45) is 5.92 Å². The van der Waals surface area contributed by atoms with Crippen LogP contribution in [0, 0.1) is 5.92 Å². The molecule has 1 aromatic heterocycles. The maximum Gasteiger partial charge on any atom is 0.0328 e. The Balaban J connectivity index is 1.43. The Kier molecular flexibility index (Phi) is 3.85. The van der Waals surface area contributed by atoms with Gasteiger partial charge in [-0.2, -0.15) is 0 Å². The largest absolute Gasteiger partial charge is 0.314 e. The molecule has 3 rings (SSSR count). The average molecular weight is 315 g/mol. The second-order valence-corrected chi connectivity index (χ2v) is 7.22. The number of likely N-dealkylation sites (tertiary alicyclic amines) is 1. The SMILES string of the molecule is Brc1csc(CN2CCC(CNC3CC3)C2)c1. The summed E-state index contributed by atoms with van der Waals surface area (Å²) < 4.78 is 1.23. The molecule has 4 heteroatoms. The molecule has 0 radical (unpaired) electrons. The highest BCUT2D eigenvalue weighted by Crippen LogP contribution is 2.25. The monoisotopic (exact) mass is 314 g/mol. The lowest BCUT2D eigenvalue weighted by atomic mass is 10.1. The van der Waals surface area contributed by atoms with Crippen LogP contribution < -0.4 is 5.32 Å². The molecule has 1 aromatic rings. The van der Waals surface area contributed by atoms with Crippen LogP contribution in [-0.2, 0) is 6.54 Å². The van der Waals surface area contributed by atoms with E-state index >= 15 is 0 Å². The number of nitrogens with one attached hydrogen (secondary N) is 1. The Morgan fingerprint density at radius 1 is 1.41 bits per heavy atom. The molecule has 2 heterocycles. The van der Waals surface area contributed by atoms with Gasteiger partial charge in [-0.3, -0.25) is 4.90 Å². The molecule has 17 heavy (non-hydrogen) atoms. The Hall–Kier alpha value is 0.1000. The van der Waals surface area contributed by atoms with E-state index in [1.54, 1.807) is 0 Å². The van der Waals surface area contributed by atoms with Crippen molar-refractivity contribution in [1.29, 1.82) is 0 Å². The zero-order chi connectivity index (χ0) is 11.7. The van der Waals surface area contributed by atoms with E-state index in [0.29, 0.717) is 0 Å². The molecule has 2 aliphatic rings. The van der Waals surface area contributed by atoms with Gasteiger partial charge in [0.1, 0.15) is 0 Å². The van der Waals surface area contributed by atoms with Crippen molar-refractivity contribution in [1.82, 2.24) is 10.2 Å². The number of thiophene rings is 1. The van der Waals surface area contributed by atoms with Crippen molar-refractivity contribution < 1.29 is 0 Å². The topological polar surface area (TPSA) is 15.3 Å². The van der Waals surface area contributed by atoms with Crippen molar-refractivity contribution in [3.8, 4) is 0 Å². The van der Waals surface area contributed by atoms with E-state index < -0.39 is 0 Å². The number of rotatable bonds is 5. The van der Waals surface area contributed by atoms with Gasteiger partial charge in [-0.15, -0.1) is 11.3 Å². The van der Waals surface area contributed by atoms with Crippen LogP contribution in [0.1, 0.15) is 24.1 Å². The molecule has 1 saturated carbocycles. The molecule has 1 aliphatic carbocycles. The number of nitrogens with zero attached hydrogens (tertiary/aromatic N) is 1. The second-order valence-electron chi connectivity index (χ2n) is 5.30. The lowest BCUT2D eigenvalue weighted by molar-refractivity contribution is 0.317. The Bertz CT molecular complexity index is 375. The first-order valence-electron chi connectivity index (χ1n) is 6.48. The summed E-state index contributed by atoms with van der Waals surface area (Å²) in [6.07, 6.45) is 4.17. The van der Waals surface area contributed by atoms with Crippen molar-refractivity contribution >= 4 is 27.3 Å². The van der Waals surface area contributed by atoms with Gasteiger partial charge in [-0.05, 0) is 60.3 Å². The van der Waals surface area contributed by atoms with E-state index in [0.717, 1.165) is 18.5 Å². The summed E-state index contributed by atoms with van der Waals surface area (Å²) >= 11 is 5.38. The first-order valence-corrected chi connectivity index (χ1v) is 8.15. The third-order valence-corrected chi connectivity index (χ3v) is 5.33. The maximum atomic E-state index is 3.66. The molecule has 1 aliphatic heterocycles. The first-order chi connectivity index (χ1) is 8.29. The smallest absolute Gasteiger partial charge is 0.0328 e. The summed E-state index contributed by atoms with van der Waals surface area (Å²) in [4.78, 5) is 4.07. The van der Waals surface area contributed by atoms with Crippen molar-refractivity contribution in [3.63, 3.8) is 0 Å². The average Bonchev–Trinajstić information content (AvgIpc) is 2.90. The summed E-state index contributed by atoms with van der Waals surface area (Å²) in [6.45, 7) is 4.91. The molecule has 1 unspecified atom stereocenters. The third-order valence-electron chi connectivity index (χ3n) is 3.64. The zero-order valence-electron chi connectivity index (χ0n) is 9.99. The van der Waals surface area contributed by atoms with Crippen LogP contribution >= 0.6 is 27.3 Å². The summed E-state index contributed by atoms with van der Waals surface area (Å²) in [7, 11) is 0. The Morgan fingerprint density at radius 2 is 2.29 bits per heavy atom. The molecule has 0 amide bonds. The highest BCUT2D eigenvalue weighted by Gasteiger charge is 2.26. The summed E-state index contributed by atoms with van der Waals surface area (Å²) in [6, 6.07) is 3.11. The van der Waals surface area contributed by atoms with Gasteiger partial charge < -0.3 is 5.32 Å².